The van der Waals surface area contributed by atoms with Crippen LogP contribution >= 0.6 is 0 Å². The molecule has 0 aliphatic carbocycles. The maximum Gasteiger partial charge on any atom is 0.257 e. The number of carbonyl (C=O) groups excluding carboxylic acids is 1. The van der Waals surface area contributed by atoms with E-state index in [-0.39, 0.29) is 5.91 Å². The molecule has 1 amide bonds. The summed E-state index contributed by atoms with van der Waals surface area (Å²) >= 11 is 0. The average Bonchev–Trinajstić information content (AvgIpc) is 2.86. The van der Waals surface area contributed by atoms with Crippen molar-refractivity contribution < 1.29 is 9.53 Å². The van der Waals surface area contributed by atoms with Gasteiger partial charge in [-0.15, -0.1) is 0 Å². The van der Waals surface area contributed by atoms with Gasteiger partial charge >= 0.3 is 0 Å². The predicted octanol–water partition coefficient (Wildman–Crippen LogP) is 2.40. The smallest absolute Gasteiger partial charge is 0.257 e. The number of fused-ring (bicyclic) bond motifs is 1. The molecule has 0 atom stereocenters. The largest absolute Gasteiger partial charge is 0.491 e. The molecule has 114 valence electrons. The van der Waals surface area contributed by atoms with Crippen LogP contribution in [0.25, 0.3) is 0 Å². The summed E-state index contributed by atoms with van der Waals surface area (Å²) < 4.78 is 5.68. The maximum absolute atomic E-state index is 12.6. The van der Waals surface area contributed by atoms with Crippen LogP contribution in [0.1, 0.15) is 36.0 Å². The van der Waals surface area contributed by atoms with Crippen LogP contribution in [-0.2, 0) is 0 Å². The summed E-state index contributed by atoms with van der Waals surface area (Å²) in [4.78, 5) is 17.0. The van der Waals surface area contributed by atoms with Gasteiger partial charge in [-0.2, -0.15) is 0 Å². The summed E-state index contributed by atoms with van der Waals surface area (Å²) in [5.74, 6) is 0.831. The van der Waals surface area contributed by atoms with E-state index in [0.29, 0.717) is 18.7 Å². The van der Waals surface area contributed by atoms with Crippen molar-refractivity contribution in [3.05, 3.63) is 29.8 Å². The molecule has 0 aromatic heterocycles. The number of amides is 1. The molecule has 0 unspecified atom stereocenters. The molecule has 1 aromatic carbocycles. The van der Waals surface area contributed by atoms with E-state index in [9.17, 15) is 4.79 Å². The maximum atomic E-state index is 12.6. The van der Waals surface area contributed by atoms with E-state index in [4.69, 9.17) is 4.74 Å². The lowest BCUT2D eigenvalue weighted by Gasteiger charge is -2.25. The highest BCUT2D eigenvalue weighted by Crippen LogP contribution is 2.22. The zero-order valence-corrected chi connectivity index (χ0v) is 12.6. The minimum atomic E-state index is 0.109. The molecule has 4 heteroatoms. The number of likely N-dealkylation sites (tertiary alicyclic amines) is 1. The van der Waals surface area contributed by atoms with E-state index >= 15 is 0 Å². The summed E-state index contributed by atoms with van der Waals surface area (Å²) in [5, 5.41) is 0. The molecule has 1 fully saturated rings. The molecule has 3 rings (SSSR count). The van der Waals surface area contributed by atoms with Crippen LogP contribution in [-0.4, -0.2) is 55.0 Å². The molecule has 21 heavy (non-hydrogen) atoms. The third kappa shape index (κ3) is 3.56. The molecule has 0 bridgehead atoms. The zero-order chi connectivity index (χ0) is 14.5. The van der Waals surface area contributed by atoms with Crippen LogP contribution < -0.4 is 4.74 Å². The summed E-state index contributed by atoms with van der Waals surface area (Å²) in [5.41, 5.74) is 0.700. The summed E-state index contributed by atoms with van der Waals surface area (Å²) in [6, 6.07) is 7.56. The lowest BCUT2D eigenvalue weighted by molar-refractivity contribution is 0.0735. The first-order valence-corrected chi connectivity index (χ1v) is 8.08. The predicted molar refractivity (Wildman–Crippen MR) is 82.7 cm³/mol. The second-order valence-electron chi connectivity index (χ2n) is 5.89. The Labute approximate surface area is 126 Å². The Morgan fingerprint density at radius 2 is 1.71 bits per heavy atom. The molecule has 0 radical (unpaired) electrons. The Kier molecular flexibility index (Phi) is 4.76. The Bertz CT molecular complexity index is 481. The van der Waals surface area contributed by atoms with Crippen molar-refractivity contribution in [3.8, 4) is 5.75 Å². The Hall–Kier alpha value is -1.55. The van der Waals surface area contributed by atoms with Crippen LogP contribution in [0.4, 0.5) is 0 Å². The minimum absolute atomic E-state index is 0.109. The van der Waals surface area contributed by atoms with Gasteiger partial charge in [0.15, 0.2) is 0 Å². The van der Waals surface area contributed by atoms with Gasteiger partial charge in [-0.25, -0.2) is 0 Å². The quantitative estimate of drug-likeness (QED) is 0.856. The number of benzene rings is 1. The molecule has 0 N–H and O–H groups in total. The van der Waals surface area contributed by atoms with E-state index < -0.39 is 0 Å². The third-order valence-electron chi connectivity index (χ3n) is 4.41. The van der Waals surface area contributed by atoms with Crippen molar-refractivity contribution in [2.24, 2.45) is 0 Å². The molecule has 0 spiro atoms. The van der Waals surface area contributed by atoms with E-state index in [0.717, 1.165) is 18.8 Å². The van der Waals surface area contributed by atoms with Crippen LogP contribution in [0.5, 0.6) is 5.75 Å². The van der Waals surface area contributed by atoms with Gasteiger partial charge in [-0.3, -0.25) is 4.79 Å². The van der Waals surface area contributed by atoms with Crippen LogP contribution in [0.2, 0.25) is 0 Å². The van der Waals surface area contributed by atoms with Crippen LogP contribution in [0.3, 0.4) is 0 Å². The second-order valence-corrected chi connectivity index (χ2v) is 5.89. The Morgan fingerprint density at radius 1 is 0.952 bits per heavy atom. The molecular formula is C17H24N2O2. The Balaban J connectivity index is 1.61. The molecular weight excluding hydrogens is 264 g/mol. The number of hydrogen-bond donors (Lipinski definition) is 0. The van der Waals surface area contributed by atoms with E-state index in [1.54, 1.807) is 0 Å². The van der Waals surface area contributed by atoms with E-state index in [1.165, 1.54) is 38.8 Å². The first kappa shape index (κ1) is 14.4. The second kappa shape index (κ2) is 6.94. The number of nitrogens with zero attached hydrogens (tertiary/aromatic N) is 2. The standard InChI is InChI=1S/C17H24N2O2/c20-17-15-7-3-4-8-16(15)21-14-13-19(17)12-11-18-9-5-1-2-6-10-18/h3-4,7-8H,1-2,5-6,9-14H2. The topological polar surface area (TPSA) is 32.8 Å². The van der Waals surface area contributed by atoms with Gasteiger partial charge in [-0.05, 0) is 38.1 Å². The lowest BCUT2D eigenvalue weighted by atomic mass is 10.2. The van der Waals surface area contributed by atoms with Crippen molar-refractivity contribution in [2.45, 2.75) is 25.7 Å². The van der Waals surface area contributed by atoms with E-state index in [2.05, 4.69) is 4.90 Å². The van der Waals surface area contributed by atoms with Crippen molar-refractivity contribution in [1.29, 1.82) is 0 Å². The summed E-state index contributed by atoms with van der Waals surface area (Å²) in [7, 11) is 0. The highest BCUT2D eigenvalue weighted by molar-refractivity contribution is 5.97. The molecule has 1 aromatic rings. The highest BCUT2D eigenvalue weighted by atomic mass is 16.5. The molecule has 2 aliphatic rings. The van der Waals surface area contributed by atoms with Crippen molar-refractivity contribution in [3.63, 3.8) is 0 Å². The van der Waals surface area contributed by atoms with Gasteiger partial charge in [0.1, 0.15) is 12.4 Å². The van der Waals surface area contributed by atoms with Crippen LogP contribution in [0, 0.1) is 0 Å². The minimum Gasteiger partial charge on any atom is -0.491 e. The van der Waals surface area contributed by atoms with Gasteiger partial charge in [0.2, 0.25) is 0 Å². The molecule has 2 heterocycles. The summed E-state index contributed by atoms with van der Waals surface area (Å²) in [6.07, 6.45) is 5.28. The van der Waals surface area contributed by atoms with Gasteiger partial charge in [0.05, 0.1) is 12.1 Å². The SMILES string of the molecule is O=C1c2ccccc2OCCN1CCN1CCCCCC1. The van der Waals surface area contributed by atoms with Gasteiger partial charge in [-0.1, -0.05) is 25.0 Å². The van der Waals surface area contributed by atoms with Crippen molar-refractivity contribution >= 4 is 5.91 Å². The first-order chi connectivity index (χ1) is 10.3. The zero-order valence-electron chi connectivity index (χ0n) is 12.6. The molecule has 4 nitrogen and oxygen atoms in total. The molecule has 0 saturated carbocycles. The number of rotatable bonds is 3. The fourth-order valence-corrected chi connectivity index (χ4v) is 3.14. The van der Waals surface area contributed by atoms with Crippen molar-refractivity contribution in [1.82, 2.24) is 9.80 Å². The number of carbonyl (C=O) groups is 1. The lowest BCUT2D eigenvalue weighted by Crippen LogP contribution is -2.39. The Morgan fingerprint density at radius 3 is 2.52 bits per heavy atom. The number of para-hydroxylation sites is 1. The monoisotopic (exact) mass is 288 g/mol. The normalized spacial score (nSPS) is 20.4. The fraction of sp³-hybridized carbons (Fsp3) is 0.588. The fourth-order valence-electron chi connectivity index (χ4n) is 3.14. The number of hydrogen-bond acceptors (Lipinski definition) is 3. The highest BCUT2D eigenvalue weighted by Gasteiger charge is 2.23. The number of ether oxygens (including phenoxy) is 1. The van der Waals surface area contributed by atoms with E-state index in [1.807, 2.05) is 29.2 Å². The molecule has 2 aliphatic heterocycles. The van der Waals surface area contributed by atoms with Crippen LogP contribution in [0.15, 0.2) is 24.3 Å². The average molecular weight is 288 g/mol. The first-order valence-electron chi connectivity index (χ1n) is 8.08. The summed E-state index contributed by atoms with van der Waals surface area (Å²) in [6.45, 7) is 5.40. The van der Waals surface area contributed by atoms with Gasteiger partial charge in [0, 0.05) is 13.1 Å². The van der Waals surface area contributed by atoms with Gasteiger partial charge in [0.25, 0.3) is 5.91 Å². The van der Waals surface area contributed by atoms with Crippen molar-refractivity contribution in [2.75, 3.05) is 39.3 Å². The third-order valence-corrected chi connectivity index (χ3v) is 4.41. The van der Waals surface area contributed by atoms with Gasteiger partial charge < -0.3 is 14.5 Å². The molecule has 1 saturated heterocycles.